The number of likely N-dealkylation sites (N-methyl/N-ethyl adjacent to an activating group) is 1. The molecular formula is C34H41BrN4O5. The predicted molar refractivity (Wildman–Crippen MR) is 175 cm³/mol. The van der Waals surface area contributed by atoms with Gasteiger partial charge in [0.05, 0.1) is 16.0 Å². The summed E-state index contributed by atoms with van der Waals surface area (Å²) < 4.78 is 7.81. The van der Waals surface area contributed by atoms with E-state index in [0.29, 0.717) is 30.7 Å². The van der Waals surface area contributed by atoms with E-state index in [-0.39, 0.29) is 35.9 Å². The van der Waals surface area contributed by atoms with E-state index >= 15 is 0 Å². The smallest absolute Gasteiger partial charge is 0.408 e. The first-order chi connectivity index (χ1) is 20.8. The molecule has 5 rings (SSSR count). The van der Waals surface area contributed by atoms with Crippen LogP contribution in [0.4, 0.5) is 4.79 Å². The first-order valence-electron chi connectivity index (χ1n) is 15.2. The van der Waals surface area contributed by atoms with E-state index in [1.54, 1.807) is 49.6 Å². The summed E-state index contributed by atoms with van der Waals surface area (Å²) >= 11 is 3.78. The Morgan fingerprint density at radius 3 is 2.43 bits per heavy atom. The van der Waals surface area contributed by atoms with Gasteiger partial charge >= 0.3 is 6.09 Å². The average Bonchev–Trinajstić information content (AvgIpc) is 3.25. The van der Waals surface area contributed by atoms with Gasteiger partial charge in [-0.05, 0) is 104 Å². The van der Waals surface area contributed by atoms with E-state index < -0.39 is 17.7 Å². The summed E-state index contributed by atoms with van der Waals surface area (Å²) in [6.07, 6.45) is 2.32. The van der Waals surface area contributed by atoms with Crippen LogP contribution in [0.25, 0.3) is 16.5 Å². The van der Waals surface area contributed by atoms with Crippen LogP contribution in [0.1, 0.15) is 56.1 Å². The molecule has 0 radical (unpaired) electrons. The monoisotopic (exact) mass is 664 g/mol. The van der Waals surface area contributed by atoms with E-state index in [1.165, 1.54) is 0 Å². The van der Waals surface area contributed by atoms with E-state index in [9.17, 15) is 19.5 Å². The van der Waals surface area contributed by atoms with Gasteiger partial charge in [0.25, 0.3) is 5.91 Å². The first kappa shape index (κ1) is 31.8. The predicted octanol–water partition coefficient (Wildman–Crippen LogP) is 5.62. The van der Waals surface area contributed by atoms with Gasteiger partial charge in [-0.15, -0.1) is 0 Å². The van der Waals surface area contributed by atoms with Crippen molar-refractivity contribution in [2.75, 3.05) is 26.7 Å². The number of carbonyl (C=O) groups excluding carboxylic acids is 3. The Bertz CT molecular complexity index is 1620. The number of aromatic hydroxyl groups is 1. The zero-order chi connectivity index (χ0) is 31.9. The lowest BCUT2D eigenvalue weighted by molar-refractivity contribution is -0.134. The Morgan fingerprint density at radius 2 is 1.80 bits per heavy atom. The third kappa shape index (κ3) is 6.15. The lowest BCUT2D eigenvalue weighted by Gasteiger charge is -2.40. The number of halogens is 1. The number of nitrogens with zero attached hydrogens (tertiary/aromatic N) is 3. The summed E-state index contributed by atoms with van der Waals surface area (Å²) in [7, 11) is 2.06. The maximum absolute atomic E-state index is 14.4. The average molecular weight is 666 g/mol. The maximum Gasteiger partial charge on any atom is 0.408 e. The highest BCUT2D eigenvalue weighted by Crippen LogP contribution is 2.45. The molecular weight excluding hydrogens is 624 g/mol. The molecule has 1 aromatic heterocycles. The Kier molecular flexibility index (Phi) is 8.96. The van der Waals surface area contributed by atoms with Crippen molar-refractivity contribution in [2.24, 2.45) is 5.92 Å². The molecule has 3 atom stereocenters. The molecule has 44 heavy (non-hydrogen) atoms. The minimum Gasteiger partial charge on any atom is -0.508 e. The van der Waals surface area contributed by atoms with Gasteiger partial charge in [-0.3, -0.25) is 19.1 Å². The molecule has 0 bridgehead atoms. The number of hydrogen-bond acceptors (Lipinski definition) is 6. The number of nitrogens with one attached hydrogen (secondary N) is 1. The molecule has 2 N–H and O–H groups in total. The van der Waals surface area contributed by atoms with Crippen molar-refractivity contribution in [3.63, 3.8) is 0 Å². The molecule has 0 unspecified atom stereocenters. The fourth-order valence-electron chi connectivity index (χ4n) is 6.41. The van der Waals surface area contributed by atoms with Gasteiger partial charge < -0.3 is 20.1 Å². The van der Waals surface area contributed by atoms with E-state index in [2.05, 4.69) is 45.3 Å². The molecule has 9 nitrogen and oxygen atoms in total. The number of alkyl carbamates (subject to hydrolysis) is 1. The standard InChI is InChI=1S/C34H41BrN4O5/c1-7-38(8-2)31(41)21-17-24-23-10-9-11-27-29(23)25(18-28(24)37(6)19-21)30(35)39(27)32(42)26(36-33(43)44-34(3,4)5)16-20-12-14-22(40)15-13-20/h9-15,17,21,26,28,40H,7-8,16,18-19H2,1-6H3,(H,36,43)/t21-,26+,28-/m1/s1. The van der Waals surface area contributed by atoms with E-state index in [0.717, 1.165) is 33.2 Å². The summed E-state index contributed by atoms with van der Waals surface area (Å²) in [4.78, 5) is 44.8. The zero-order valence-corrected chi connectivity index (χ0v) is 27.8. The van der Waals surface area contributed by atoms with Crippen molar-refractivity contribution in [1.82, 2.24) is 19.7 Å². The summed E-state index contributed by atoms with van der Waals surface area (Å²) in [5.41, 5.74) is 3.91. The van der Waals surface area contributed by atoms with E-state index in [1.807, 2.05) is 30.9 Å². The van der Waals surface area contributed by atoms with Crippen LogP contribution in [0.2, 0.25) is 0 Å². The maximum atomic E-state index is 14.4. The van der Waals surface area contributed by atoms with Crippen LogP contribution in [0, 0.1) is 5.92 Å². The number of phenols is 1. The second-order valence-corrected chi connectivity index (χ2v) is 13.4. The van der Waals surface area contributed by atoms with Crippen molar-refractivity contribution in [3.05, 3.63) is 69.8 Å². The largest absolute Gasteiger partial charge is 0.508 e. The number of hydrogen-bond donors (Lipinski definition) is 2. The molecule has 0 fully saturated rings. The molecule has 0 saturated heterocycles. The second kappa shape index (κ2) is 12.4. The normalized spacial score (nSPS) is 18.8. The third-order valence-electron chi connectivity index (χ3n) is 8.47. The number of aromatic nitrogens is 1. The third-order valence-corrected chi connectivity index (χ3v) is 9.31. The van der Waals surface area contributed by atoms with Crippen LogP contribution in [-0.4, -0.2) is 81.7 Å². The molecule has 0 saturated carbocycles. The van der Waals surface area contributed by atoms with Gasteiger partial charge in [-0.1, -0.05) is 30.3 Å². The number of benzene rings is 2. The van der Waals surface area contributed by atoms with Gasteiger partial charge in [-0.2, -0.15) is 0 Å². The highest BCUT2D eigenvalue weighted by Gasteiger charge is 2.39. The fourth-order valence-corrected chi connectivity index (χ4v) is 7.13. The summed E-state index contributed by atoms with van der Waals surface area (Å²) in [6.45, 7) is 11.3. The number of fused-ring (bicyclic) bond motifs is 2. The van der Waals surface area contributed by atoms with Crippen molar-refractivity contribution >= 4 is 50.3 Å². The van der Waals surface area contributed by atoms with Crippen molar-refractivity contribution in [2.45, 2.75) is 65.1 Å². The molecule has 2 heterocycles. The number of amides is 2. The van der Waals surface area contributed by atoms with Crippen LogP contribution in [0.3, 0.4) is 0 Å². The Morgan fingerprint density at radius 1 is 1.11 bits per heavy atom. The highest BCUT2D eigenvalue weighted by atomic mass is 79.9. The summed E-state index contributed by atoms with van der Waals surface area (Å²) in [5.74, 6) is -0.313. The number of ether oxygens (including phenoxy) is 1. The highest BCUT2D eigenvalue weighted by molar-refractivity contribution is 9.10. The molecule has 2 aromatic carbocycles. The van der Waals surface area contributed by atoms with Gasteiger partial charge in [0.2, 0.25) is 5.91 Å². The zero-order valence-electron chi connectivity index (χ0n) is 26.2. The SMILES string of the molecule is CCN(CC)C(=O)[C@@H]1C=C2c3cccc4c3c(c(Br)n4C(=O)[C@H](Cc3ccc(O)cc3)NC(=O)OC(C)(C)C)C[C@H]2N(C)C1. The Balaban J connectivity index is 1.57. The summed E-state index contributed by atoms with van der Waals surface area (Å²) in [5, 5.41) is 13.6. The quantitative estimate of drug-likeness (QED) is 0.340. The van der Waals surface area contributed by atoms with Crippen molar-refractivity contribution in [3.8, 4) is 5.75 Å². The topological polar surface area (TPSA) is 104 Å². The molecule has 0 spiro atoms. The summed E-state index contributed by atoms with van der Waals surface area (Å²) in [6, 6.07) is 11.6. The van der Waals surface area contributed by atoms with Gasteiger partial charge in [-0.25, -0.2) is 4.79 Å². The lowest BCUT2D eigenvalue weighted by atomic mass is 9.79. The van der Waals surface area contributed by atoms with Crippen LogP contribution < -0.4 is 5.32 Å². The molecule has 10 heteroatoms. The van der Waals surface area contributed by atoms with Crippen LogP contribution in [-0.2, 0) is 22.4 Å². The van der Waals surface area contributed by atoms with E-state index in [4.69, 9.17) is 4.74 Å². The van der Waals surface area contributed by atoms with Crippen LogP contribution in [0.5, 0.6) is 5.75 Å². The fraction of sp³-hybridized carbons (Fsp3) is 0.441. The van der Waals surface area contributed by atoms with Gasteiger partial charge in [0.15, 0.2) is 0 Å². The molecule has 2 amide bonds. The van der Waals surface area contributed by atoms with Crippen LogP contribution in [0.15, 0.2) is 53.1 Å². The number of carbonyl (C=O) groups is 3. The van der Waals surface area contributed by atoms with Gasteiger partial charge in [0.1, 0.15) is 17.4 Å². The van der Waals surface area contributed by atoms with Crippen molar-refractivity contribution < 1.29 is 24.2 Å². The lowest BCUT2D eigenvalue weighted by Crippen LogP contribution is -2.47. The molecule has 234 valence electrons. The molecule has 3 aromatic rings. The molecule has 2 aliphatic rings. The van der Waals surface area contributed by atoms with Gasteiger partial charge in [0, 0.05) is 37.5 Å². The first-order valence-corrected chi connectivity index (χ1v) is 16.0. The second-order valence-electron chi connectivity index (χ2n) is 12.6. The minimum atomic E-state index is -0.946. The van der Waals surface area contributed by atoms with Crippen molar-refractivity contribution in [1.29, 1.82) is 0 Å². The number of phenolic OH excluding ortho intramolecular Hbond substituents is 1. The molecule has 1 aliphatic heterocycles. The Labute approximate surface area is 267 Å². The Hall–Kier alpha value is -3.63. The molecule has 1 aliphatic carbocycles. The minimum absolute atomic E-state index is 0.0591. The number of rotatable bonds is 7. The van der Waals surface area contributed by atoms with Crippen LogP contribution >= 0.6 is 15.9 Å².